The highest BCUT2D eigenvalue weighted by Gasteiger charge is 2.03. The van der Waals surface area contributed by atoms with Crippen molar-refractivity contribution in [1.29, 1.82) is 0 Å². The van der Waals surface area contributed by atoms with Crippen molar-refractivity contribution >= 4 is 39.7 Å². The van der Waals surface area contributed by atoms with Gasteiger partial charge in [-0.25, -0.2) is 0 Å². The third-order valence-electron chi connectivity index (χ3n) is 2.68. The lowest BCUT2D eigenvalue weighted by molar-refractivity contribution is 1.14. The van der Waals surface area contributed by atoms with E-state index in [1.165, 1.54) is 5.56 Å². The lowest BCUT2D eigenvalue weighted by Gasteiger charge is -2.12. The summed E-state index contributed by atoms with van der Waals surface area (Å²) in [6, 6.07) is 14.3. The Bertz CT molecular complexity index is 523. The van der Waals surface area contributed by atoms with Crippen LogP contribution >= 0.6 is 22.6 Å². The van der Waals surface area contributed by atoms with Crippen LogP contribution in [0.3, 0.4) is 0 Å². The smallest absolute Gasteiger partial charge is 0.0618 e. The van der Waals surface area contributed by atoms with E-state index in [-0.39, 0.29) is 0 Å². The molecule has 88 valence electrons. The average molecular weight is 338 g/mol. The molecule has 0 amide bonds. The number of para-hydroxylation sites is 1. The maximum Gasteiger partial charge on any atom is 0.0618 e. The van der Waals surface area contributed by atoms with Crippen LogP contribution in [0.25, 0.3) is 0 Å². The molecule has 2 nitrogen and oxygen atoms in total. The summed E-state index contributed by atoms with van der Waals surface area (Å²) in [7, 11) is 0. The summed E-state index contributed by atoms with van der Waals surface area (Å²) in [6.07, 6.45) is 1.01. The van der Waals surface area contributed by atoms with Crippen molar-refractivity contribution < 1.29 is 0 Å². The Labute approximate surface area is 115 Å². The molecule has 3 N–H and O–H groups in total. The summed E-state index contributed by atoms with van der Waals surface area (Å²) >= 11 is 2.26. The standard InChI is InChI=1S/C14H15IN2/c1-2-10-5-3-4-6-13(10)17-14-8-7-11(15)9-12(14)16/h3-9,17H,2,16H2,1H3. The molecular weight excluding hydrogens is 323 g/mol. The molecule has 0 aromatic heterocycles. The molecule has 0 saturated carbocycles. The van der Waals surface area contributed by atoms with Crippen LogP contribution in [0.4, 0.5) is 17.1 Å². The van der Waals surface area contributed by atoms with Gasteiger partial charge in [0, 0.05) is 9.26 Å². The minimum Gasteiger partial charge on any atom is -0.397 e. The second kappa shape index (κ2) is 5.40. The molecule has 0 spiro atoms. The van der Waals surface area contributed by atoms with Crippen LogP contribution in [-0.4, -0.2) is 0 Å². The second-order valence-corrected chi connectivity index (χ2v) is 5.11. The molecular formula is C14H15IN2. The van der Waals surface area contributed by atoms with Crippen LogP contribution in [0.1, 0.15) is 12.5 Å². The second-order valence-electron chi connectivity index (χ2n) is 3.87. The number of nitrogen functional groups attached to an aromatic ring is 1. The molecule has 3 heteroatoms. The SMILES string of the molecule is CCc1ccccc1Nc1ccc(I)cc1N. The van der Waals surface area contributed by atoms with Gasteiger partial charge in [-0.05, 0) is 58.8 Å². The first-order chi connectivity index (χ1) is 8.20. The first-order valence-electron chi connectivity index (χ1n) is 5.60. The maximum absolute atomic E-state index is 5.99. The Kier molecular flexibility index (Phi) is 3.89. The predicted octanol–water partition coefficient (Wildman–Crippen LogP) is 4.18. The first kappa shape index (κ1) is 12.2. The molecule has 0 saturated heterocycles. The van der Waals surface area contributed by atoms with Gasteiger partial charge in [-0.1, -0.05) is 25.1 Å². The Morgan fingerprint density at radius 3 is 2.59 bits per heavy atom. The molecule has 0 aliphatic rings. The van der Waals surface area contributed by atoms with Crippen LogP contribution in [0, 0.1) is 3.57 Å². The van der Waals surface area contributed by atoms with Crippen molar-refractivity contribution in [1.82, 2.24) is 0 Å². The van der Waals surface area contributed by atoms with Gasteiger partial charge in [0.15, 0.2) is 0 Å². The molecule has 0 aliphatic carbocycles. The Hall–Kier alpha value is -1.23. The van der Waals surface area contributed by atoms with E-state index >= 15 is 0 Å². The van der Waals surface area contributed by atoms with E-state index in [4.69, 9.17) is 5.73 Å². The van der Waals surface area contributed by atoms with Crippen molar-refractivity contribution in [3.63, 3.8) is 0 Å². The fourth-order valence-electron chi connectivity index (χ4n) is 1.74. The molecule has 17 heavy (non-hydrogen) atoms. The van der Waals surface area contributed by atoms with Crippen molar-refractivity contribution in [2.24, 2.45) is 0 Å². The van der Waals surface area contributed by atoms with E-state index < -0.39 is 0 Å². The third-order valence-corrected chi connectivity index (χ3v) is 3.35. The number of aryl methyl sites for hydroxylation is 1. The molecule has 0 bridgehead atoms. The summed E-state index contributed by atoms with van der Waals surface area (Å²) in [5.41, 5.74) is 10.2. The van der Waals surface area contributed by atoms with Gasteiger partial charge in [-0.15, -0.1) is 0 Å². The number of benzene rings is 2. The van der Waals surface area contributed by atoms with E-state index in [9.17, 15) is 0 Å². The third kappa shape index (κ3) is 2.91. The number of nitrogens with two attached hydrogens (primary N) is 1. The number of rotatable bonds is 3. The van der Waals surface area contributed by atoms with Gasteiger partial charge in [-0.3, -0.25) is 0 Å². The quantitative estimate of drug-likeness (QED) is 0.651. The fraction of sp³-hybridized carbons (Fsp3) is 0.143. The number of anilines is 3. The van der Waals surface area contributed by atoms with Gasteiger partial charge in [-0.2, -0.15) is 0 Å². The van der Waals surface area contributed by atoms with Crippen LogP contribution in [-0.2, 0) is 6.42 Å². The number of hydrogen-bond acceptors (Lipinski definition) is 2. The van der Waals surface area contributed by atoms with Crippen LogP contribution in [0.15, 0.2) is 42.5 Å². The molecule has 0 atom stereocenters. The summed E-state index contributed by atoms with van der Waals surface area (Å²) in [5, 5.41) is 3.39. The van der Waals surface area contributed by atoms with E-state index in [1.54, 1.807) is 0 Å². The first-order valence-corrected chi connectivity index (χ1v) is 6.68. The van der Waals surface area contributed by atoms with Gasteiger partial charge in [0.25, 0.3) is 0 Å². The summed E-state index contributed by atoms with van der Waals surface area (Å²) < 4.78 is 1.15. The molecule has 2 aromatic carbocycles. The van der Waals surface area contributed by atoms with Crippen LogP contribution < -0.4 is 11.1 Å². The molecule has 0 radical (unpaired) electrons. The Balaban J connectivity index is 2.31. The average Bonchev–Trinajstić information content (AvgIpc) is 2.33. The van der Waals surface area contributed by atoms with Gasteiger partial charge < -0.3 is 11.1 Å². The molecule has 0 unspecified atom stereocenters. The van der Waals surface area contributed by atoms with E-state index in [0.29, 0.717) is 0 Å². The molecule has 0 fully saturated rings. The van der Waals surface area contributed by atoms with Crippen molar-refractivity contribution in [2.75, 3.05) is 11.1 Å². The topological polar surface area (TPSA) is 38.0 Å². The fourth-order valence-corrected chi connectivity index (χ4v) is 2.26. The number of halogens is 1. The summed E-state index contributed by atoms with van der Waals surface area (Å²) in [5.74, 6) is 0. The Morgan fingerprint density at radius 1 is 1.12 bits per heavy atom. The zero-order chi connectivity index (χ0) is 12.3. The molecule has 0 heterocycles. The number of hydrogen-bond donors (Lipinski definition) is 2. The molecule has 2 rings (SSSR count). The number of nitrogens with one attached hydrogen (secondary N) is 1. The monoisotopic (exact) mass is 338 g/mol. The van der Waals surface area contributed by atoms with E-state index in [1.807, 2.05) is 24.3 Å². The Morgan fingerprint density at radius 2 is 1.88 bits per heavy atom. The molecule has 2 aromatic rings. The van der Waals surface area contributed by atoms with Crippen LogP contribution in [0.5, 0.6) is 0 Å². The minimum atomic E-state index is 0.780. The predicted molar refractivity (Wildman–Crippen MR) is 82.7 cm³/mol. The van der Waals surface area contributed by atoms with Gasteiger partial charge >= 0.3 is 0 Å². The molecule has 0 aliphatic heterocycles. The highest BCUT2D eigenvalue weighted by Crippen LogP contribution is 2.26. The maximum atomic E-state index is 5.99. The van der Waals surface area contributed by atoms with Gasteiger partial charge in [0.05, 0.1) is 11.4 Å². The van der Waals surface area contributed by atoms with E-state index in [0.717, 1.165) is 27.1 Å². The highest BCUT2D eigenvalue weighted by molar-refractivity contribution is 14.1. The minimum absolute atomic E-state index is 0.780. The zero-order valence-corrected chi connectivity index (χ0v) is 11.9. The summed E-state index contributed by atoms with van der Waals surface area (Å²) in [4.78, 5) is 0. The van der Waals surface area contributed by atoms with Crippen molar-refractivity contribution in [3.05, 3.63) is 51.6 Å². The normalized spacial score (nSPS) is 10.2. The van der Waals surface area contributed by atoms with Crippen molar-refractivity contribution in [2.45, 2.75) is 13.3 Å². The van der Waals surface area contributed by atoms with Gasteiger partial charge in [0.1, 0.15) is 0 Å². The summed E-state index contributed by atoms with van der Waals surface area (Å²) in [6.45, 7) is 2.15. The lowest BCUT2D eigenvalue weighted by atomic mass is 10.1. The van der Waals surface area contributed by atoms with Crippen LogP contribution in [0.2, 0.25) is 0 Å². The van der Waals surface area contributed by atoms with Gasteiger partial charge in [0.2, 0.25) is 0 Å². The van der Waals surface area contributed by atoms with Crippen molar-refractivity contribution in [3.8, 4) is 0 Å². The lowest BCUT2D eigenvalue weighted by Crippen LogP contribution is -1.99. The zero-order valence-electron chi connectivity index (χ0n) is 9.70. The highest BCUT2D eigenvalue weighted by atomic mass is 127. The largest absolute Gasteiger partial charge is 0.397 e. The van der Waals surface area contributed by atoms with E-state index in [2.05, 4.69) is 53.0 Å².